The van der Waals surface area contributed by atoms with Gasteiger partial charge in [0.1, 0.15) is 19.8 Å². The van der Waals surface area contributed by atoms with Gasteiger partial charge < -0.3 is 18.9 Å². The lowest BCUT2D eigenvalue weighted by molar-refractivity contribution is -0.870. The maximum Gasteiger partial charge on any atom is 0.472 e. The third kappa shape index (κ3) is 84.3. The van der Waals surface area contributed by atoms with Crippen LogP contribution in [0.5, 0.6) is 0 Å². The molecule has 0 saturated carbocycles. The molecule has 0 aromatic carbocycles. The Kier molecular flexibility index (Phi) is 76.8. The van der Waals surface area contributed by atoms with Crippen molar-refractivity contribution in [2.75, 3.05) is 47.5 Å². The predicted molar refractivity (Wildman–Crippen MR) is 445 cm³/mol. The van der Waals surface area contributed by atoms with Crippen LogP contribution in [0.2, 0.25) is 0 Å². The molecule has 0 saturated heterocycles. The number of phosphoric ester groups is 1. The molecule has 0 aliphatic rings. The lowest BCUT2D eigenvalue weighted by Crippen LogP contribution is -2.37. The van der Waals surface area contributed by atoms with Crippen LogP contribution in [-0.4, -0.2) is 74.9 Å². The zero-order chi connectivity index (χ0) is 74.0. The van der Waals surface area contributed by atoms with Crippen LogP contribution in [0, 0.1) is 0 Å². The summed E-state index contributed by atoms with van der Waals surface area (Å²) < 4.78 is 34.8. The number of unbranched alkanes of at least 4 members (excludes halogenated alkanes) is 34. The molecule has 0 heterocycles. The summed E-state index contributed by atoms with van der Waals surface area (Å²) in [7, 11) is 1.46. The molecule has 2 atom stereocenters. The SMILES string of the molecule is CC/C=C\C/C=C\C/C=C\C/C=C\C/C=C\C/C=C\C/C=C\C/C=C\C/C=C\C/C=C\C/C=C\CCCCCCCCCC(=O)OC(COC(=O)CCCCCCCCCCCCCCCCCCCCCCCC/C=C\C/C=C\C/C=C\CCCCCCC)COP(=O)(O)OCC[N+](C)(C)C. The summed E-state index contributed by atoms with van der Waals surface area (Å²) in [6.45, 7) is 4.31. The summed E-state index contributed by atoms with van der Waals surface area (Å²) in [4.78, 5) is 36.0. The van der Waals surface area contributed by atoms with E-state index in [2.05, 4.69) is 184 Å². The highest BCUT2D eigenvalue weighted by Crippen LogP contribution is 2.43. The quantitative estimate of drug-likeness (QED) is 0.0211. The minimum absolute atomic E-state index is 0.0229. The lowest BCUT2D eigenvalue weighted by atomic mass is 10.0. The molecule has 0 radical (unpaired) electrons. The van der Waals surface area contributed by atoms with Crippen molar-refractivity contribution < 1.29 is 42.1 Å². The Morgan fingerprint density at radius 2 is 0.559 bits per heavy atom. The van der Waals surface area contributed by atoms with E-state index in [4.69, 9.17) is 18.5 Å². The van der Waals surface area contributed by atoms with E-state index in [9.17, 15) is 19.0 Å². The summed E-state index contributed by atoms with van der Waals surface area (Å²) in [5.74, 6) is -0.808. The van der Waals surface area contributed by atoms with Crippen molar-refractivity contribution in [2.24, 2.45) is 0 Å². The number of ether oxygens (including phenoxy) is 2. The van der Waals surface area contributed by atoms with E-state index < -0.39 is 26.5 Å². The van der Waals surface area contributed by atoms with Crippen LogP contribution < -0.4 is 0 Å². The van der Waals surface area contributed by atoms with E-state index >= 15 is 0 Å². The molecule has 2 unspecified atom stereocenters. The number of likely N-dealkylation sites (N-methyl/N-ethyl adjacent to an activating group) is 1. The highest BCUT2D eigenvalue weighted by atomic mass is 31.2. The first-order valence-corrected chi connectivity index (χ1v) is 43.4. The molecular weight excluding hydrogens is 1280 g/mol. The first-order valence-electron chi connectivity index (χ1n) is 41.9. The number of quaternary nitrogens is 1. The number of phosphoric acid groups is 1. The molecule has 1 N–H and O–H groups in total. The molecule has 102 heavy (non-hydrogen) atoms. The molecule has 9 nitrogen and oxygen atoms in total. The van der Waals surface area contributed by atoms with E-state index in [1.165, 1.54) is 186 Å². The van der Waals surface area contributed by atoms with E-state index in [0.717, 1.165) is 128 Å². The van der Waals surface area contributed by atoms with Crippen LogP contribution in [0.1, 0.15) is 348 Å². The topological polar surface area (TPSA) is 108 Å². The van der Waals surface area contributed by atoms with Crippen LogP contribution in [0.4, 0.5) is 0 Å². The molecule has 0 aliphatic carbocycles. The Morgan fingerprint density at radius 3 is 0.833 bits per heavy atom. The van der Waals surface area contributed by atoms with Gasteiger partial charge in [-0.05, 0) is 135 Å². The average Bonchev–Trinajstić information content (AvgIpc) is 0.916. The van der Waals surface area contributed by atoms with Crippen molar-refractivity contribution in [1.29, 1.82) is 0 Å². The number of esters is 2. The standard InChI is InChI=1S/C92H156NO8P/c1-6-8-10-12-14-16-18-20-22-24-26-28-30-32-34-36-38-40-42-44-45-46-47-49-51-53-55-57-59-61-63-65-67-69-71-73-75-77-79-81-83-85-92(95)101-90(89-100-102(96,97)99-87-86-93(3,4)5)88-98-91(94)84-82-80-78-76-74-72-70-68-66-64-62-60-58-56-54-52-50-48-43-41-39-37-35-33-31-29-27-25-23-21-19-17-15-13-11-9-7-2/h8,10,14,16,19-22,25-28,31-34,38,40,44-45,47,49,53,55,59,61,65,67,90H,6-7,9,11-13,15,17-18,23-24,29-30,35-37,39,41-43,46,48,50-52,54,56-58,60,62-64,66,68-89H2,1-5H3/p+1/b10-8-,16-14-,21-19-,22-20-,27-25-,28-26-,33-31-,34-32-,40-38-,45-44-,49-47-,55-53-,61-59-,67-65-. The smallest absolute Gasteiger partial charge is 0.462 e. The summed E-state index contributed by atoms with van der Waals surface area (Å²) >= 11 is 0. The third-order valence-corrected chi connectivity index (χ3v) is 18.7. The van der Waals surface area contributed by atoms with Crippen molar-refractivity contribution in [3.05, 3.63) is 170 Å². The molecule has 0 aromatic heterocycles. The number of hydrogen-bond acceptors (Lipinski definition) is 7. The molecule has 0 rings (SSSR count). The van der Waals surface area contributed by atoms with Gasteiger partial charge in [-0.1, -0.05) is 370 Å². The summed E-state index contributed by atoms with van der Waals surface area (Å²) in [5.41, 5.74) is 0. The van der Waals surface area contributed by atoms with Gasteiger partial charge in [0.2, 0.25) is 0 Å². The maximum absolute atomic E-state index is 12.9. The molecule has 0 aromatic rings. The molecule has 0 spiro atoms. The van der Waals surface area contributed by atoms with E-state index in [1.54, 1.807) is 0 Å². The van der Waals surface area contributed by atoms with Gasteiger partial charge in [-0.3, -0.25) is 18.6 Å². The van der Waals surface area contributed by atoms with Gasteiger partial charge in [0, 0.05) is 12.8 Å². The fourth-order valence-electron chi connectivity index (χ4n) is 11.4. The van der Waals surface area contributed by atoms with Crippen LogP contribution in [0.25, 0.3) is 0 Å². The number of allylic oxidation sites excluding steroid dienone is 28. The zero-order valence-electron chi connectivity index (χ0n) is 66.5. The summed E-state index contributed by atoms with van der Waals surface area (Å²) in [5, 5.41) is 0. The number of hydrogen-bond donors (Lipinski definition) is 1. The van der Waals surface area contributed by atoms with Gasteiger partial charge in [0.05, 0.1) is 27.7 Å². The van der Waals surface area contributed by atoms with Crippen LogP contribution in [0.3, 0.4) is 0 Å². The lowest BCUT2D eigenvalue weighted by Gasteiger charge is -2.24. The van der Waals surface area contributed by atoms with Crippen molar-refractivity contribution in [2.45, 2.75) is 354 Å². The van der Waals surface area contributed by atoms with Gasteiger partial charge in [0.25, 0.3) is 0 Å². The van der Waals surface area contributed by atoms with Gasteiger partial charge >= 0.3 is 19.8 Å². The molecule has 10 heteroatoms. The van der Waals surface area contributed by atoms with Gasteiger partial charge in [-0.15, -0.1) is 0 Å². The van der Waals surface area contributed by atoms with Crippen LogP contribution in [0.15, 0.2) is 170 Å². The zero-order valence-corrected chi connectivity index (χ0v) is 67.4. The fourth-order valence-corrected chi connectivity index (χ4v) is 12.1. The van der Waals surface area contributed by atoms with E-state index in [-0.39, 0.29) is 32.0 Å². The molecule has 0 aliphatic heterocycles. The Hall–Kier alpha value is -4.63. The number of carbonyl (C=O) groups is 2. The second-order valence-electron chi connectivity index (χ2n) is 28.8. The largest absolute Gasteiger partial charge is 0.472 e. The minimum Gasteiger partial charge on any atom is -0.462 e. The van der Waals surface area contributed by atoms with Gasteiger partial charge in [-0.25, -0.2) is 4.57 Å². The third-order valence-electron chi connectivity index (χ3n) is 17.7. The van der Waals surface area contributed by atoms with E-state index in [0.29, 0.717) is 17.4 Å². The monoisotopic (exact) mass is 1440 g/mol. The highest BCUT2D eigenvalue weighted by Gasteiger charge is 2.27. The van der Waals surface area contributed by atoms with Gasteiger partial charge in [0.15, 0.2) is 6.10 Å². The first-order chi connectivity index (χ1) is 50.0. The second-order valence-corrected chi connectivity index (χ2v) is 30.2. The normalized spacial score (nSPS) is 13.9. The van der Waals surface area contributed by atoms with Gasteiger partial charge in [-0.2, -0.15) is 0 Å². The Balaban J connectivity index is 4.03. The molecule has 0 bridgehead atoms. The van der Waals surface area contributed by atoms with Crippen molar-refractivity contribution in [1.82, 2.24) is 0 Å². The van der Waals surface area contributed by atoms with Crippen LogP contribution >= 0.6 is 7.82 Å². The maximum atomic E-state index is 12.9. The number of rotatable bonds is 76. The Morgan fingerprint density at radius 1 is 0.314 bits per heavy atom. The number of carbonyl (C=O) groups excluding carboxylic acids is 2. The minimum atomic E-state index is -4.41. The Labute approximate surface area is 629 Å². The van der Waals surface area contributed by atoms with Crippen molar-refractivity contribution >= 4 is 19.8 Å². The second kappa shape index (κ2) is 80.5. The number of nitrogens with zero attached hydrogens (tertiary/aromatic N) is 1. The van der Waals surface area contributed by atoms with Crippen molar-refractivity contribution in [3.8, 4) is 0 Å². The highest BCUT2D eigenvalue weighted by molar-refractivity contribution is 7.47. The Bertz CT molecular complexity index is 2340. The first kappa shape index (κ1) is 97.4. The average molecular weight is 1440 g/mol. The van der Waals surface area contributed by atoms with Crippen molar-refractivity contribution in [3.63, 3.8) is 0 Å². The molecular formula is C92H157NO8P+. The summed E-state index contributed by atoms with van der Waals surface area (Å²) in [6.07, 6.45) is 122. The summed E-state index contributed by atoms with van der Waals surface area (Å²) in [6, 6.07) is 0. The molecule has 582 valence electrons. The molecule has 0 fully saturated rings. The fraction of sp³-hybridized carbons (Fsp3) is 0.674. The van der Waals surface area contributed by atoms with Crippen LogP contribution in [-0.2, 0) is 32.7 Å². The van der Waals surface area contributed by atoms with E-state index in [1.807, 2.05) is 21.1 Å². The predicted octanol–water partition coefficient (Wildman–Crippen LogP) is 28.4. The molecule has 0 amide bonds.